The number of hydrogen-bond donors (Lipinski definition) is 2. The van der Waals surface area contributed by atoms with Gasteiger partial charge in [-0.25, -0.2) is 13.9 Å². The van der Waals surface area contributed by atoms with Crippen molar-refractivity contribution >= 4 is 27.5 Å². The summed E-state index contributed by atoms with van der Waals surface area (Å²) in [4.78, 5) is 11.9. The highest BCUT2D eigenvalue weighted by molar-refractivity contribution is 7.89. The largest absolute Gasteiger partial charge is 0.457 e. The predicted molar refractivity (Wildman–Crippen MR) is 101 cm³/mol. The van der Waals surface area contributed by atoms with E-state index >= 15 is 0 Å². The number of carbonyl (C=O) groups excluding carboxylic acids is 1. The average molecular weight is 413 g/mol. The van der Waals surface area contributed by atoms with Gasteiger partial charge in [-0.05, 0) is 54.4 Å². The summed E-state index contributed by atoms with van der Waals surface area (Å²) in [7, 11) is -2.65. The van der Waals surface area contributed by atoms with Crippen molar-refractivity contribution in [2.75, 3.05) is 7.05 Å². The van der Waals surface area contributed by atoms with Gasteiger partial charge in [-0.3, -0.25) is 10.0 Å². The van der Waals surface area contributed by atoms with Crippen molar-refractivity contribution in [1.29, 1.82) is 0 Å². The zero-order valence-electron chi connectivity index (χ0n) is 15.1. The zero-order chi connectivity index (χ0) is 20.2. The number of sulfonamides is 1. The molecule has 2 rings (SSSR count). The highest BCUT2D eigenvalue weighted by Crippen LogP contribution is 2.26. The van der Waals surface area contributed by atoms with Gasteiger partial charge >= 0.3 is 0 Å². The highest BCUT2D eigenvalue weighted by Gasteiger charge is 2.34. The summed E-state index contributed by atoms with van der Waals surface area (Å²) in [5, 5.41) is 9.47. The molecule has 0 saturated carbocycles. The maximum atomic E-state index is 12.8. The SMILES string of the molecule is CC(C)C(C(=O)NO)N(C)S(=O)(=O)c1ccc(Oc2ccc(Cl)cc2)cc1. The molecule has 2 N–H and O–H groups in total. The van der Waals surface area contributed by atoms with Crippen molar-refractivity contribution in [2.24, 2.45) is 5.92 Å². The number of nitrogens with one attached hydrogen (secondary N) is 1. The number of rotatable bonds is 7. The first kappa shape index (κ1) is 21.2. The molecular weight excluding hydrogens is 392 g/mol. The number of halogens is 1. The van der Waals surface area contributed by atoms with E-state index in [0.717, 1.165) is 4.31 Å². The summed E-state index contributed by atoms with van der Waals surface area (Å²) in [5.74, 6) is -0.123. The maximum Gasteiger partial charge on any atom is 0.262 e. The first-order valence-corrected chi connectivity index (χ1v) is 9.94. The smallest absolute Gasteiger partial charge is 0.262 e. The molecule has 0 fully saturated rings. The normalized spacial score (nSPS) is 12.9. The molecule has 0 aromatic heterocycles. The number of hydroxylamine groups is 1. The first-order valence-electron chi connectivity index (χ1n) is 8.12. The van der Waals surface area contributed by atoms with Crippen LogP contribution in [0.3, 0.4) is 0 Å². The number of amides is 1. The third-order valence-corrected chi connectivity index (χ3v) is 6.06. The molecule has 0 aliphatic carbocycles. The van der Waals surface area contributed by atoms with Crippen LogP contribution in [-0.2, 0) is 14.8 Å². The Balaban J connectivity index is 2.23. The molecule has 0 heterocycles. The van der Waals surface area contributed by atoms with Gasteiger partial charge in [-0.15, -0.1) is 0 Å². The van der Waals surface area contributed by atoms with E-state index in [4.69, 9.17) is 21.5 Å². The number of ether oxygens (including phenoxy) is 1. The van der Waals surface area contributed by atoms with Gasteiger partial charge in [0.25, 0.3) is 5.91 Å². The van der Waals surface area contributed by atoms with Crippen molar-refractivity contribution in [3.8, 4) is 11.5 Å². The Labute approximate surface area is 163 Å². The van der Waals surface area contributed by atoms with Gasteiger partial charge in [0, 0.05) is 12.1 Å². The number of hydrogen-bond acceptors (Lipinski definition) is 5. The second-order valence-corrected chi connectivity index (χ2v) is 8.65. The van der Waals surface area contributed by atoms with Crippen LogP contribution in [0.15, 0.2) is 53.4 Å². The van der Waals surface area contributed by atoms with Crippen molar-refractivity contribution in [3.63, 3.8) is 0 Å². The monoisotopic (exact) mass is 412 g/mol. The summed E-state index contributed by atoms with van der Waals surface area (Å²) in [6.07, 6.45) is 0. The summed E-state index contributed by atoms with van der Waals surface area (Å²) in [6, 6.07) is 11.5. The van der Waals surface area contributed by atoms with E-state index in [0.29, 0.717) is 16.5 Å². The van der Waals surface area contributed by atoms with Gasteiger partial charge in [0.05, 0.1) is 4.90 Å². The minimum absolute atomic E-state index is 0.00449. The molecule has 2 aromatic rings. The van der Waals surface area contributed by atoms with E-state index in [2.05, 4.69) is 0 Å². The molecule has 0 spiro atoms. The minimum atomic E-state index is -3.95. The van der Waals surface area contributed by atoms with Gasteiger partial charge in [0.1, 0.15) is 17.5 Å². The topological polar surface area (TPSA) is 95.9 Å². The Bertz CT molecular complexity index is 883. The van der Waals surface area contributed by atoms with Crippen LogP contribution in [0.4, 0.5) is 0 Å². The van der Waals surface area contributed by atoms with Gasteiger partial charge < -0.3 is 4.74 Å². The molecule has 0 bridgehead atoms. The predicted octanol–water partition coefficient (Wildman–Crippen LogP) is 3.28. The standard InChI is InChI=1S/C18H21ClN2O5S/c1-12(2)17(18(22)20-23)21(3)27(24,25)16-10-8-15(9-11-16)26-14-6-4-13(19)5-7-14/h4-12,17,23H,1-3H3,(H,20,22). The molecule has 1 unspecified atom stereocenters. The molecule has 9 heteroatoms. The number of benzene rings is 2. The third kappa shape index (κ3) is 4.98. The van der Waals surface area contributed by atoms with Gasteiger partial charge in [0.15, 0.2) is 0 Å². The molecule has 1 atom stereocenters. The van der Waals surface area contributed by atoms with Crippen LogP contribution in [0, 0.1) is 5.92 Å². The maximum absolute atomic E-state index is 12.8. The Morgan fingerprint density at radius 1 is 1.07 bits per heavy atom. The molecule has 146 valence electrons. The van der Waals surface area contributed by atoms with Crippen LogP contribution in [0.1, 0.15) is 13.8 Å². The first-order chi connectivity index (χ1) is 12.7. The summed E-state index contributed by atoms with van der Waals surface area (Å²) in [5.41, 5.74) is 1.52. The van der Waals surface area contributed by atoms with Gasteiger partial charge in [0.2, 0.25) is 10.0 Å². The number of likely N-dealkylation sites (N-methyl/N-ethyl adjacent to an activating group) is 1. The van der Waals surface area contributed by atoms with Crippen LogP contribution >= 0.6 is 11.6 Å². The van der Waals surface area contributed by atoms with Crippen LogP contribution in [0.2, 0.25) is 5.02 Å². The van der Waals surface area contributed by atoms with E-state index in [1.807, 2.05) is 0 Å². The highest BCUT2D eigenvalue weighted by atomic mass is 35.5. The fourth-order valence-corrected chi connectivity index (χ4v) is 4.16. The molecule has 0 aliphatic heterocycles. The van der Waals surface area contributed by atoms with Crippen molar-refractivity contribution in [1.82, 2.24) is 9.79 Å². The Morgan fingerprint density at radius 2 is 1.56 bits per heavy atom. The van der Waals surface area contributed by atoms with Crippen LogP contribution in [0.25, 0.3) is 0 Å². The van der Waals surface area contributed by atoms with Crippen molar-refractivity contribution < 1.29 is 23.2 Å². The lowest BCUT2D eigenvalue weighted by Gasteiger charge is -2.28. The van der Waals surface area contributed by atoms with E-state index in [1.54, 1.807) is 38.1 Å². The lowest BCUT2D eigenvalue weighted by atomic mass is 10.0. The molecule has 2 aromatic carbocycles. The Hall–Kier alpha value is -2.13. The van der Waals surface area contributed by atoms with E-state index in [-0.39, 0.29) is 10.8 Å². The Morgan fingerprint density at radius 3 is 2.00 bits per heavy atom. The van der Waals surface area contributed by atoms with E-state index in [1.165, 1.54) is 36.8 Å². The van der Waals surface area contributed by atoms with Crippen molar-refractivity contribution in [2.45, 2.75) is 24.8 Å². The lowest BCUT2D eigenvalue weighted by molar-refractivity contribution is -0.134. The fraction of sp³-hybridized carbons (Fsp3) is 0.278. The molecule has 1 amide bonds. The second kappa shape index (κ2) is 8.71. The quantitative estimate of drug-likeness (QED) is 0.537. The molecule has 7 nitrogen and oxygen atoms in total. The summed E-state index contributed by atoms with van der Waals surface area (Å²) >= 11 is 5.82. The molecule has 0 aliphatic rings. The summed E-state index contributed by atoms with van der Waals surface area (Å²) in [6.45, 7) is 3.38. The molecular formula is C18H21ClN2O5S. The van der Waals surface area contributed by atoms with E-state index in [9.17, 15) is 13.2 Å². The number of carbonyl (C=O) groups is 1. The average Bonchev–Trinajstić information content (AvgIpc) is 2.63. The van der Waals surface area contributed by atoms with Gasteiger partial charge in [-0.1, -0.05) is 25.4 Å². The van der Waals surface area contributed by atoms with Crippen LogP contribution in [0.5, 0.6) is 11.5 Å². The summed E-state index contributed by atoms with van der Waals surface area (Å²) < 4.78 is 32.2. The van der Waals surface area contributed by atoms with Crippen LogP contribution in [-0.4, -0.2) is 36.9 Å². The Kier molecular flexibility index (Phi) is 6.83. The molecule has 0 radical (unpaired) electrons. The minimum Gasteiger partial charge on any atom is -0.457 e. The second-order valence-electron chi connectivity index (χ2n) is 6.21. The molecule has 0 saturated heterocycles. The van der Waals surface area contributed by atoms with Gasteiger partial charge in [-0.2, -0.15) is 4.31 Å². The zero-order valence-corrected chi connectivity index (χ0v) is 16.7. The third-order valence-electron chi connectivity index (χ3n) is 3.95. The fourth-order valence-electron chi connectivity index (χ4n) is 2.59. The number of nitrogens with zero attached hydrogens (tertiary/aromatic N) is 1. The van der Waals surface area contributed by atoms with E-state index < -0.39 is 22.0 Å². The van der Waals surface area contributed by atoms with Crippen LogP contribution < -0.4 is 10.2 Å². The van der Waals surface area contributed by atoms with Crippen molar-refractivity contribution in [3.05, 3.63) is 53.6 Å². The molecule has 27 heavy (non-hydrogen) atoms. The lowest BCUT2D eigenvalue weighted by Crippen LogP contribution is -2.49.